The van der Waals surface area contributed by atoms with E-state index in [1.165, 1.54) is 0 Å². The van der Waals surface area contributed by atoms with E-state index in [-0.39, 0.29) is 6.10 Å². The van der Waals surface area contributed by atoms with Crippen molar-refractivity contribution in [2.75, 3.05) is 11.9 Å². The van der Waals surface area contributed by atoms with Crippen LogP contribution in [0.1, 0.15) is 19.0 Å². The van der Waals surface area contributed by atoms with E-state index in [1.54, 1.807) is 6.92 Å². The van der Waals surface area contributed by atoms with Crippen molar-refractivity contribution < 1.29 is 5.11 Å². The minimum atomic E-state index is -0.272. The van der Waals surface area contributed by atoms with Crippen molar-refractivity contribution in [3.05, 3.63) is 17.8 Å². The Balaban J connectivity index is 2.33. The smallest absolute Gasteiger partial charge is 0.148 e. The lowest BCUT2D eigenvalue weighted by molar-refractivity contribution is 0.188. The third-order valence-electron chi connectivity index (χ3n) is 1.67. The fraction of sp³-hybridized carbons (Fsp3) is 0.556. The molecule has 0 saturated carbocycles. The van der Waals surface area contributed by atoms with Crippen molar-refractivity contribution >= 4 is 5.82 Å². The Bertz CT molecular complexity index is 246. The van der Waals surface area contributed by atoms with Gasteiger partial charge < -0.3 is 10.4 Å². The SMILES string of the molecule is Cc1ccc(NCCC(C)O)nn1. The first-order chi connectivity index (χ1) is 6.18. The van der Waals surface area contributed by atoms with Gasteiger partial charge in [-0.15, -0.1) is 5.10 Å². The number of rotatable bonds is 4. The lowest BCUT2D eigenvalue weighted by Crippen LogP contribution is -2.10. The molecule has 4 nitrogen and oxygen atoms in total. The van der Waals surface area contributed by atoms with Crippen molar-refractivity contribution in [3.8, 4) is 0 Å². The van der Waals surface area contributed by atoms with Crippen LogP contribution in [0.4, 0.5) is 5.82 Å². The summed E-state index contributed by atoms with van der Waals surface area (Å²) in [6.45, 7) is 4.38. The summed E-state index contributed by atoms with van der Waals surface area (Å²) in [5.74, 6) is 0.756. The number of aliphatic hydroxyl groups excluding tert-OH is 1. The lowest BCUT2D eigenvalue weighted by atomic mass is 10.3. The van der Waals surface area contributed by atoms with E-state index in [0.29, 0.717) is 0 Å². The molecule has 1 heterocycles. The molecule has 1 rings (SSSR count). The van der Waals surface area contributed by atoms with Crippen LogP contribution in [-0.2, 0) is 0 Å². The highest BCUT2D eigenvalue weighted by Gasteiger charge is 1.96. The van der Waals surface area contributed by atoms with E-state index in [9.17, 15) is 0 Å². The average Bonchev–Trinajstić information content (AvgIpc) is 2.08. The molecular weight excluding hydrogens is 166 g/mol. The van der Waals surface area contributed by atoms with Crippen molar-refractivity contribution in [1.82, 2.24) is 10.2 Å². The highest BCUT2D eigenvalue weighted by atomic mass is 16.3. The number of anilines is 1. The zero-order valence-corrected chi connectivity index (χ0v) is 7.99. The number of nitrogens with zero attached hydrogens (tertiary/aromatic N) is 2. The van der Waals surface area contributed by atoms with E-state index in [0.717, 1.165) is 24.5 Å². The molecule has 0 aliphatic carbocycles. The van der Waals surface area contributed by atoms with E-state index in [2.05, 4.69) is 15.5 Å². The molecule has 0 aromatic carbocycles. The van der Waals surface area contributed by atoms with E-state index >= 15 is 0 Å². The van der Waals surface area contributed by atoms with Gasteiger partial charge in [-0.05, 0) is 32.4 Å². The maximum Gasteiger partial charge on any atom is 0.148 e. The second-order valence-electron chi connectivity index (χ2n) is 3.12. The van der Waals surface area contributed by atoms with Gasteiger partial charge in [-0.2, -0.15) is 5.10 Å². The molecule has 1 unspecified atom stereocenters. The molecular formula is C9H15N3O. The van der Waals surface area contributed by atoms with Crippen molar-refractivity contribution in [2.24, 2.45) is 0 Å². The van der Waals surface area contributed by atoms with Gasteiger partial charge in [0.1, 0.15) is 5.82 Å². The Morgan fingerprint density at radius 1 is 1.46 bits per heavy atom. The number of nitrogens with one attached hydrogen (secondary N) is 1. The number of aromatic nitrogens is 2. The Labute approximate surface area is 78.0 Å². The minimum Gasteiger partial charge on any atom is -0.393 e. The van der Waals surface area contributed by atoms with Gasteiger partial charge in [0.25, 0.3) is 0 Å². The van der Waals surface area contributed by atoms with Crippen LogP contribution in [0, 0.1) is 6.92 Å². The Morgan fingerprint density at radius 2 is 2.23 bits per heavy atom. The summed E-state index contributed by atoms with van der Waals surface area (Å²) < 4.78 is 0. The summed E-state index contributed by atoms with van der Waals surface area (Å²) >= 11 is 0. The fourth-order valence-electron chi connectivity index (χ4n) is 0.902. The summed E-state index contributed by atoms with van der Waals surface area (Å²) in [5, 5.41) is 19.9. The molecule has 0 bridgehead atoms. The topological polar surface area (TPSA) is 58.0 Å². The number of hydrogen-bond acceptors (Lipinski definition) is 4. The van der Waals surface area contributed by atoms with E-state index in [1.807, 2.05) is 19.1 Å². The molecule has 0 spiro atoms. The van der Waals surface area contributed by atoms with Gasteiger partial charge in [0.05, 0.1) is 11.8 Å². The van der Waals surface area contributed by atoms with Crippen LogP contribution in [0.15, 0.2) is 12.1 Å². The van der Waals surface area contributed by atoms with Gasteiger partial charge in [-0.25, -0.2) is 0 Å². The van der Waals surface area contributed by atoms with E-state index in [4.69, 9.17) is 5.11 Å². The highest BCUT2D eigenvalue weighted by Crippen LogP contribution is 2.01. The molecule has 0 saturated heterocycles. The summed E-state index contributed by atoms with van der Waals surface area (Å²) in [5.41, 5.74) is 0.904. The van der Waals surface area contributed by atoms with E-state index < -0.39 is 0 Å². The zero-order valence-electron chi connectivity index (χ0n) is 7.99. The van der Waals surface area contributed by atoms with Crippen LogP contribution in [0.2, 0.25) is 0 Å². The van der Waals surface area contributed by atoms with Crippen molar-refractivity contribution in [3.63, 3.8) is 0 Å². The van der Waals surface area contributed by atoms with Crippen LogP contribution in [0.5, 0.6) is 0 Å². The Morgan fingerprint density at radius 3 is 2.77 bits per heavy atom. The summed E-state index contributed by atoms with van der Waals surface area (Å²) in [4.78, 5) is 0. The molecule has 1 aromatic rings. The molecule has 1 atom stereocenters. The second-order valence-corrected chi connectivity index (χ2v) is 3.12. The van der Waals surface area contributed by atoms with Crippen LogP contribution >= 0.6 is 0 Å². The predicted molar refractivity (Wildman–Crippen MR) is 51.6 cm³/mol. The summed E-state index contributed by atoms with van der Waals surface area (Å²) in [7, 11) is 0. The molecule has 1 aromatic heterocycles. The lowest BCUT2D eigenvalue weighted by Gasteiger charge is -2.05. The minimum absolute atomic E-state index is 0.272. The van der Waals surface area contributed by atoms with Gasteiger partial charge in [-0.3, -0.25) is 0 Å². The number of aliphatic hydroxyl groups is 1. The van der Waals surface area contributed by atoms with Crippen LogP contribution in [-0.4, -0.2) is 28.0 Å². The first kappa shape index (κ1) is 9.92. The molecule has 72 valence electrons. The standard InChI is InChI=1S/C9H15N3O/c1-7-3-4-9(12-11-7)10-6-5-8(2)13/h3-4,8,13H,5-6H2,1-2H3,(H,10,12). The first-order valence-corrected chi connectivity index (χ1v) is 4.41. The largest absolute Gasteiger partial charge is 0.393 e. The number of hydrogen-bond donors (Lipinski definition) is 2. The molecule has 0 fully saturated rings. The van der Waals surface area contributed by atoms with Gasteiger partial charge in [0.2, 0.25) is 0 Å². The van der Waals surface area contributed by atoms with Crippen molar-refractivity contribution in [2.45, 2.75) is 26.4 Å². The molecule has 0 amide bonds. The number of aryl methyl sites for hydroxylation is 1. The maximum absolute atomic E-state index is 9.00. The van der Waals surface area contributed by atoms with Gasteiger partial charge >= 0.3 is 0 Å². The quantitative estimate of drug-likeness (QED) is 0.726. The van der Waals surface area contributed by atoms with Crippen molar-refractivity contribution in [1.29, 1.82) is 0 Å². The zero-order chi connectivity index (χ0) is 9.68. The van der Waals surface area contributed by atoms with Gasteiger partial charge in [0, 0.05) is 6.54 Å². The highest BCUT2D eigenvalue weighted by molar-refractivity contribution is 5.32. The molecule has 0 radical (unpaired) electrons. The average molecular weight is 181 g/mol. The van der Waals surface area contributed by atoms with Gasteiger partial charge in [-0.1, -0.05) is 0 Å². The fourth-order valence-corrected chi connectivity index (χ4v) is 0.902. The molecule has 13 heavy (non-hydrogen) atoms. The molecule has 0 aliphatic rings. The van der Waals surface area contributed by atoms with Crippen LogP contribution < -0.4 is 5.32 Å². The molecule has 4 heteroatoms. The van der Waals surface area contributed by atoms with Crippen LogP contribution in [0.3, 0.4) is 0 Å². The normalized spacial score (nSPS) is 12.5. The van der Waals surface area contributed by atoms with Crippen LogP contribution in [0.25, 0.3) is 0 Å². The Kier molecular flexibility index (Phi) is 3.64. The third-order valence-corrected chi connectivity index (χ3v) is 1.67. The first-order valence-electron chi connectivity index (χ1n) is 4.41. The van der Waals surface area contributed by atoms with Gasteiger partial charge in [0.15, 0.2) is 0 Å². The molecule has 2 N–H and O–H groups in total. The monoisotopic (exact) mass is 181 g/mol. The second kappa shape index (κ2) is 4.77. The summed E-state index contributed by atoms with van der Waals surface area (Å²) in [6.07, 6.45) is 0.446. The predicted octanol–water partition coefficient (Wildman–Crippen LogP) is 0.968. The summed E-state index contributed by atoms with van der Waals surface area (Å²) in [6, 6.07) is 3.78. The third kappa shape index (κ3) is 3.85. The molecule has 0 aliphatic heterocycles. The Hall–Kier alpha value is -1.16. The maximum atomic E-state index is 9.00.